The van der Waals surface area contributed by atoms with Crippen molar-refractivity contribution >= 4 is 17.5 Å². The van der Waals surface area contributed by atoms with Gasteiger partial charge < -0.3 is 21.1 Å². The molecule has 0 saturated carbocycles. The lowest BCUT2D eigenvalue weighted by Gasteiger charge is -2.35. The van der Waals surface area contributed by atoms with Gasteiger partial charge in [0.1, 0.15) is 18.0 Å². The molecule has 3 heterocycles. The average Bonchev–Trinajstić information content (AvgIpc) is 3.26. The number of anilines is 2. The Bertz CT molecular complexity index is 1080. The lowest BCUT2D eigenvalue weighted by Crippen LogP contribution is -2.47. The van der Waals surface area contributed by atoms with Crippen LogP contribution in [0.4, 0.5) is 11.6 Å². The molecule has 4 rings (SSSR count). The van der Waals surface area contributed by atoms with Crippen molar-refractivity contribution in [3.8, 4) is 11.1 Å². The Hall–Kier alpha value is -3.72. The molecule has 2 unspecified atom stereocenters. The van der Waals surface area contributed by atoms with E-state index in [1.807, 2.05) is 41.2 Å². The van der Waals surface area contributed by atoms with Gasteiger partial charge in [0.05, 0.1) is 24.4 Å². The van der Waals surface area contributed by atoms with E-state index >= 15 is 0 Å². The molecule has 1 fully saturated rings. The van der Waals surface area contributed by atoms with Crippen molar-refractivity contribution in [1.82, 2.24) is 24.6 Å². The van der Waals surface area contributed by atoms with Crippen LogP contribution in [0.2, 0.25) is 0 Å². The predicted octanol–water partition coefficient (Wildman–Crippen LogP) is 1.78. The summed E-state index contributed by atoms with van der Waals surface area (Å²) in [4.78, 5) is 21.9. The lowest BCUT2D eigenvalue weighted by atomic mass is 9.93. The summed E-state index contributed by atoms with van der Waals surface area (Å²) in [6.45, 7) is 5.53. The summed E-state index contributed by atoms with van der Waals surface area (Å²) in [6, 6.07) is 10.1. The van der Waals surface area contributed by atoms with Crippen LogP contribution in [0.15, 0.2) is 61.7 Å². The number of aromatic nitrogens is 4. The molecule has 0 aliphatic carbocycles. The van der Waals surface area contributed by atoms with Crippen molar-refractivity contribution in [2.75, 3.05) is 30.7 Å². The maximum Gasteiger partial charge on any atom is 0.246 e. The number of aliphatic hydroxyl groups is 1. The Kier molecular flexibility index (Phi) is 6.46. The Morgan fingerprint density at radius 3 is 2.88 bits per heavy atom. The van der Waals surface area contributed by atoms with E-state index < -0.39 is 6.10 Å². The van der Waals surface area contributed by atoms with Crippen molar-refractivity contribution in [2.24, 2.45) is 5.92 Å². The van der Waals surface area contributed by atoms with Crippen molar-refractivity contribution in [3.05, 3.63) is 67.3 Å². The van der Waals surface area contributed by atoms with Gasteiger partial charge in [0.15, 0.2) is 0 Å². The normalized spacial score (nSPS) is 18.3. The van der Waals surface area contributed by atoms with Crippen LogP contribution in [-0.2, 0) is 11.3 Å². The maximum absolute atomic E-state index is 11.8. The second kappa shape index (κ2) is 9.61. The molecule has 1 aliphatic heterocycles. The van der Waals surface area contributed by atoms with Gasteiger partial charge in [0, 0.05) is 37.3 Å². The maximum atomic E-state index is 11.8. The van der Waals surface area contributed by atoms with E-state index in [1.54, 1.807) is 11.1 Å². The molecule has 0 spiro atoms. The molecule has 4 N–H and O–H groups in total. The zero-order valence-corrected chi connectivity index (χ0v) is 17.8. The van der Waals surface area contributed by atoms with E-state index in [2.05, 4.69) is 27.0 Å². The molecule has 32 heavy (non-hydrogen) atoms. The quantitative estimate of drug-likeness (QED) is 0.486. The Morgan fingerprint density at radius 2 is 2.12 bits per heavy atom. The molecule has 1 aliphatic rings. The van der Waals surface area contributed by atoms with E-state index in [1.165, 1.54) is 12.4 Å². The van der Waals surface area contributed by atoms with Gasteiger partial charge >= 0.3 is 0 Å². The fourth-order valence-electron chi connectivity index (χ4n) is 3.94. The molecule has 2 atom stereocenters. The summed E-state index contributed by atoms with van der Waals surface area (Å²) in [5.41, 5.74) is 8.83. The van der Waals surface area contributed by atoms with Crippen LogP contribution in [0.25, 0.3) is 11.1 Å². The molecule has 166 valence electrons. The number of aliphatic hydroxyl groups excluding tert-OH is 1. The zero-order valence-electron chi connectivity index (χ0n) is 17.8. The second-order valence-corrected chi connectivity index (χ2v) is 7.88. The van der Waals surface area contributed by atoms with Crippen LogP contribution in [0.3, 0.4) is 0 Å². The molecule has 1 aromatic carbocycles. The average molecular weight is 434 g/mol. The third-order valence-corrected chi connectivity index (χ3v) is 5.73. The summed E-state index contributed by atoms with van der Waals surface area (Å²) in [5, 5.41) is 18.3. The van der Waals surface area contributed by atoms with Gasteiger partial charge in [-0.15, -0.1) is 0 Å². The minimum Gasteiger partial charge on any atom is -0.391 e. The number of β-amino-alcohol motifs (C(OH)–C–C–N with tert-alkyl or cyclic N) is 1. The predicted molar refractivity (Wildman–Crippen MR) is 123 cm³/mol. The fraction of sp³-hybridized carbons (Fsp3) is 0.304. The van der Waals surface area contributed by atoms with Crippen LogP contribution in [0.5, 0.6) is 0 Å². The van der Waals surface area contributed by atoms with Gasteiger partial charge in [0.25, 0.3) is 0 Å². The molecular weight excluding hydrogens is 406 g/mol. The molecule has 1 amide bonds. The van der Waals surface area contributed by atoms with E-state index in [9.17, 15) is 9.90 Å². The van der Waals surface area contributed by atoms with E-state index in [-0.39, 0.29) is 11.8 Å². The van der Waals surface area contributed by atoms with Crippen molar-refractivity contribution in [1.29, 1.82) is 0 Å². The first kappa shape index (κ1) is 21.5. The number of carbonyl (C=O) groups excluding carboxylic acids is 1. The van der Waals surface area contributed by atoms with Gasteiger partial charge in [-0.2, -0.15) is 5.10 Å². The molecule has 1 saturated heterocycles. The Morgan fingerprint density at radius 1 is 1.31 bits per heavy atom. The highest BCUT2D eigenvalue weighted by atomic mass is 16.3. The highest BCUT2D eigenvalue weighted by molar-refractivity contribution is 5.87. The molecule has 3 aromatic rings. The number of likely N-dealkylation sites (tertiary alicyclic amines) is 1. The monoisotopic (exact) mass is 433 g/mol. The van der Waals surface area contributed by atoms with Gasteiger partial charge in [-0.1, -0.05) is 36.9 Å². The number of hydrogen-bond donors (Lipinski definition) is 3. The number of nitrogens with one attached hydrogen (secondary N) is 1. The first-order valence-corrected chi connectivity index (χ1v) is 10.6. The van der Waals surface area contributed by atoms with Crippen LogP contribution in [-0.4, -0.2) is 61.4 Å². The first-order valence-electron chi connectivity index (χ1n) is 10.6. The van der Waals surface area contributed by atoms with Crippen molar-refractivity contribution in [2.45, 2.75) is 19.1 Å². The minimum atomic E-state index is -0.628. The Labute approximate surface area is 186 Å². The SMILES string of the molecule is C=CC(=O)N1CCC(CNc2ncnc(N)c2-c2cnn(Cc3ccccc3)c2)C(O)C1. The molecule has 2 aromatic heterocycles. The van der Waals surface area contributed by atoms with Crippen molar-refractivity contribution < 1.29 is 9.90 Å². The summed E-state index contributed by atoms with van der Waals surface area (Å²) >= 11 is 0. The van der Waals surface area contributed by atoms with E-state index in [0.29, 0.717) is 49.8 Å². The van der Waals surface area contributed by atoms with Gasteiger partial charge in [0.2, 0.25) is 5.91 Å². The Balaban J connectivity index is 1.46. The molecule has 0 bridgehead atoms. The zero-order chi connectivity index (χ0) is 22.5. The number of rotatable bonds is 7. The fourth-order valence-corrected chi connectivity index (χ4v) is 3.94. The first-order chi connectivity index (χ1) is 15.5. The molecule has 9 nitrogen and oxygen atoms in total. The minimum absolute atomic E-state index is 0.0197. The number of piperidine rings is 1. The summed E-state index contributed by atoms with van der Waals surface area (Å²) in [6.07, 6.45) is 6.41. The van der Waals surface area contributed by atoms with E-state index in [4.69, 9.17) is 5.73 Å². The number of amides is 1. The van der Waals surface area contributed by atoms with Gasteiger partial charge in [-0.25, -0.2) is 9.97 Å². The van der Waals surface area contributed by atoms with E-state index in [0.717, 1.165) is 11.1 Å². The van der Waals surface area contributed by atoms with Gasteiger partial charge in [-0.3, -0.25) is 9.48 Å². The summed E-state index contributed by atoms with van der Waals surface area (Å²) in [5.74, 6) is 0.768. The second-order valence-electron chi connectivity index (χ2n) is 7.88. The third kappa shape index (κ3) is 4.78. The standard InChI is InChI=1S/C23H27N7O2/c1-2-20(32)29-9-8-17(19(31)14-29)10-25-23-21(22(24)26-15-27-23)18-11-28-30(13-18)12-16-6-4-3-5-7-16/h2-7,11,13,15,17,19,31H,1,8-10,12,14H2,(H3,24,25,26,27). The topological polar surface area (TPSA) is 122 Å². The van der Waals surface area contributed by atoms with Crippen LogP contribution in [0.1, 0.15) is 12.0 Å². The number of nitrogens with zero attached hydrogens (tertiary/aromatic N) is 5. The molecule has 9 heteroatoms. The largest absolute Gasteiger partial charge is 0.391 e. The number of benzene rings is 1. The number of nitrogen functional groups attached to an aromatic ring is 1. The number of nitrogens with two attached hydrogens (primary N) is 1. The highest BCUT2D eigenvalue weighted by Crippen LogP contribution is 2.31. The molecular formula is C23H27N7O2. The summed E-state index contributed by atoms with van der Waals surface area (Å²) in [7, 11) is 0. The summed E-state index contributed by atoms with van der Waals surface area (Å²) < 4.78 is 1.84. The van der Waals surface area contributed by atoms with Gasteiger partial charge in [-0.05, 0) is 18.1 Å². The smallest absolute Gasteiger partial charge is 0.246 e. The number of hydrogen-bond acceptors (Lipinski definition) is 7. The van der Waals surface area contributed by atoms with Crippen molar-refractivity contribution in [3.63, 3.8) is 0 Å². The number of carbonyl (C=O) groups is 1. The third-order valence-electron chi connectivity index (χ3n) is 5.73. The van der Waals surface area contributed by atoms with Crippen LogP contribution < -0.4 is 11.1 Å². The van der Waals surface area contributed by atoms with Crippen LogP contribution >= 0.6 is 0 Å². The lowest BCUT2D eigenvalue weighted by molar-refractivity contribution is -0.130. The molecule has 0 radical (unpaired) electrons. The highest BCUT2D eigenvalue weighted by Gasteiger charge is 2.29. The van der Waals surface area contributed by atoms with Crippen LogP contribution in [0, 0.1) is 5.92 Å².